The second-order valence-corrected chi connectivity index (χ2v) is 8.99. The van der Waals surface area contributed by atoms with E-state index in [1.165, 1.54) is 12.1 Å². The Hall–Kier alpha value is -2.42. The third kappa shape index (κ3) is 7.04. The molecule has 0 radical (unpaired) electrons. The molecule has 2 heterocycles. The summed E-state index contributed by atoms with van der Waals surface area (Å²) in [6, 6.07) is 15.3. The number of nitrogens with zero attached hydrogens (tertiary/aromatic N) is 2. The van der Waals surface area contributed by atoms with Crippen molar-refractivity contribution in [3.8, 4) is 0 Å². The lowest BCUT2D eigenvalue weighted by Crippen LogP contribution is -2.39. The molecule has 180 valence electrons. The Morgan fingerprint density at radius 2 is 2.03 bits per heavy atom. The molecule has 2 aromatic carbocycles. The quantitative estimate of drug-likeness (QED) is 0.382. The Kier molecular flexibility index (Phi) is 8.59. The second-order valence-electron chi connectivity index (χ2n) is 8.17. The fourth-order valence-electron chi connectivity index (χ4n) is 3.80. The third-order valence-corrected chi connectivity index (χ3v) is 6.09. The molecule has 3 aromatic rings. The van der Waals surface area contributed by atoms with Crippen molar-refractivity contribution < 1.29 is 23.5 Å². The fraction of sp³-hybridized carbons (Fsp3) is 0.320. The number of hydrogen-bond donors (Lipinski definition) is 1. The molecule has 0 saturated carbocycles. The topological polar surface area (TPSA) is 67.4 Å². The highest BCUT2D eigenvalue weighted by atomic mass is 35.5. The highest BCUT2D eigenvalue weighted by molar-refractivity contribution is 6.42. The Balaban J connectivity index is 1.36. The van der Waals surface area contributed by atoms with Crippen molar-refractivity contribution in [3.05, 3.63) is 93.6 Å². The van der Waals surface area contributed by atoms with E-state index in [2.05, 4.69) is 5.16 Å². The molecule has 4 rings (SSSR count). The minimum absolute atomic E-state index is 0.136. The van der Waals surface area contributed by atoms with Gasteiger partial charge in [-0.25, -0.2) is 4.39 Å². The molecule has 0 saturated heterocycles. The number of aliphatic hydroxyl groups is 1. The molecular formula is C25H25Cl2FN2O4. The summed E-state index contributed by atoms with van der Waals surface area (Å²) in [5.74, 6) is 0.386. The Labute approximate surface area is 207 Å². The average Bonchev–Trinajstić information content (AvgIpc) is 3.48. The number of hydrogen-bond acceptors (Lipinski definition) is 6. The molecule has 0 bridgehead atoms. The summed E-state index contributed by atoms with van der Waals surface area (Å²) in [6.45, 7) is 1.66. The number of halogens is 3. The number of ether oxygens (including phenoxy) is 1. The van der Waals surface area contributed by atoms with E-state index in [1.54, 1.807) is 30.5 Å². The maximum absolute atomic E-state index is 13.7. The molecule has 2 atom stereocenters. The summed E-state index contributed by atoms with van der Waals surface area (Å²) in [5, 5.41) is 15.7. The lowest BCUT2D eigenvalue weighted by molar-refractivity contribution is -0.00957. The Morgan fingerprint density at radius 1 is 1.15 bits per heavy atom. The van der Waals surface area contributed by atoms with Gasteiger partial charge in [-0.05, 0) is 42.0 Å². The molecule has 0 unspecified atom stereocenters. The van der Waals surface area contributed by atoms with Gasteiger partial charge in [-0.15, -0.1) is 0 Å². The van der Waals surface area contributed by atoms with Gasteiger partial charge in [-0.2, -0.15) is 0 Å². The van der Waals surface area contributed by atoms with Crippen LogP contribution in [0.15, 0.2) is 70.4 Å². The summed E-state index contributed by atoms with van der Waals surface area (Å²) in [5.41, 5.74) is 2.42. The van der Waals surface area contributed by atoms with E-state index in [0.717, 1.165) is 16.8 Å². The molecule has 1 N–H and O–H groups in total. The third-order valence-electron chi connectivity index (χ3n) is 5.35. The number of aliphatic hydroxyl groups excluding tert-OH is 1. The SMILES string of the molecule is O[C@@H](COCc1ccco1)CN(Cc1cccc(F)c1)C[C@@H]1CC(c2ccc(Cl)c(Cl)c2)=NO1. The van der Waals surface area contributed by atoms with Crippen LogP contribution < -0.4 is 0 Å². The predicted octanol–water partition coefficient (Wildman–Crippen LogP) is 5.30. The summed E-state index contributed by atoms with van der Waals surface area (Å²) < 4.78 is 24.5. The first-order chi connectivity index (χ1) is 16.5. The highest BCUT2D eigenvalue weighted by Gasteiger charge is 2.26. The summed E-state index contributed by atoms with van der Waals surface area (Å²) in [7, 11) is 0. The van der Waals surface area contributed by atoms with Crippen molar-refractivity contribution in [1.29, 1.82) is 0 Å². The molecule has 1 aromatic heterocycles. The molecule has 34 heavy (non-hydrogen) atoms. The zero-order chi connectivity index (χ0) is 23.9. The first-order valence-electron chi connectivity index (χ1n) is 10.9. The molecule has 0 fully saturated rings. The van der Waals surface area contributed by atoms with Gasteiger partial charge in [-0.1, -0.05) is 46.6 Å². The van der Waals surface area contributed by atoms with Crippen LogP contribution in [-0.2, 0) is 22.7 Å². The van der Waals surface area contributed by atoms with Crippen LogP contribution >= 0.6 is 23.2 Å². The van der Waals surface area contributed by atoms with E-state index < -0.39 is 6.10 Å². The zero-order valence-electron chi connectivity index (χ0n) is 18.4. The van der Waals surface area contributed by atoms with Gasteiger partial charge in [0.25, 0.3) is 0 Å². The standard InChI is InChI=1S/C25H25Cl2FN2O4/c26-23-7-6-18(10-24(23)27)25-11-22(34-29-25)14-30(12-17-3-1-4-19(28)9-17)13-20(31)15-32-16-21-5-2-8-33-21/h1-10,20,22,31H,11-16H2/t20-,22+/m1/s1. The summed E-state index contributed by atoms with van der Waals surface area (Å²) in [4.78, 5) is 7.67. The van der Waals surface area contributed by atoms with Crippen molar-refractivity contribution in [2.75, 3.05) is 19.7 Å². The van der Waals surface area contributed by atoms with Crippen molar-refractivity contribution in [1.82, 2.24) is 4.90 Å². The van der Waals surface area contributed by atoms with Crippen LogP contribution in [0.2, 0.25) is 10.0 Å². The molecule has 1 aliphatic rings. The fourth-order valence-corrected chi connectivity index (χ4v) is 4.10. The molecule has 1 aliphatic heterocycles. The Morgan fingerprint density at radius 3 is 2.79 bits per heavy atom. The van der Waals surface area contributed by atoms with E-state index in [4.69, 9.17) is 37.2 Å². The molecule has 0 amide bonds. The van der Waals surface area contributed by atoms with Crippen LogP contribution in [-0.4, -0.2) is 47.6 Å². The minimum Gasteiger partial charge on any atom is -0.467 e. The van der Waals surface area contributed by atoms with E-state index in [1.807, 2.05) is 23.1 Å². The van der Waals surface area contributed by atoms with Gasteiger partial charge in [0.15, 0.2) is 0 Å². The van der Waals surface area contributed by atoms with E-state index >= 15 is 0 Å². The maximum atomic E-state index is 13.7. The number of rotatable bonds is 11. The van der Waals surface area contributed by atoms with Crippen molar-refractivity contribution in [2.24, 2.45) is 5.16 Å². The first kappa shape index (κ1) is 24.7. The zero-order valence-corrected chi connectivity index (χ0v) is 19.9. The number of oxime groups is 1. The summed E-state index contributed by atoms with van der Waals surface area (Å²) in [6.07, 6.45) is 1.17. The predicted molar refractivity (Wildman–Crippen MR) is 129 cm³/mol. The van der Waals surface area contributed by atoms with Crippen LogP contribution in [0.1, 0.15) is 23.3 Å². The maximum Gasteiger partial charge on any atom is 0.145 e. The van der Waals surface area contributed by atoms with Gasteiger partial charge in [0, 0.05) is 31.6 Å². The largest absolute Gasteiger partial charge is 0.467 e. The van der Waals surface area contributed by atoms with Crippen LogP contribution in [0.4, 0.5) is 4.39 Å². The van der Waals surface area contributed by atoms with Crippen LogP contribution in [0.5, 0.6) is 0 Å². The highest BCUT2D eigenvalue weighted by Crippen LogP contribution is 2.26. The van der Waals surface area contributed by atoms with Crippen molar-refractivity contribution in [3.63, 3.8) is 0 Å². The van der Waals surface area contributed by atoms with Gasteiger partial charge >= 0.3 is 0 Å². The van der Waals surface area contributed by atoms with Gasteiger partial charge in [0.05, 0.1) is 34.7 Å². The second kappa shape index (κ2) is 11.8. The van der Waals surface area contributed by atoms with Gasteiger partial charge < -0.3 is 19.1 Å². The number of benzene rings is 2. The van der Waals surface area contributed by atoms with Crippen molar-refractivity contribution in [2.45, 2.75) is 31.8 Å². The van der Waals surface area contributed by atoms with E-state index in [0.29, 0.717) is 41.9 Å². The Bertz CT molecular complexity index is 1110. The van der Waals surface area contributed by atoms with Crippen LogP contribution in [0, 0.1) is 5.82 Å². The first-order valence-corrected chi connectivity index (χ1v) is 11.6. The molecule has 0 spiro atoms. The normalized spacial score (nSPS) is 16.5. The van der Waals surface area contributed by atoms with Gasteiger partial charge in [0.1, 0.15) is 24.3 Å². The van der Waals surface area contributed by atoms with E-state index in [9.17, 15) is 9.50 Å². The lowest BCUT2D eigenvalue weighted by atomic mass is 10.0. The molecule has 6 nitrogen and oxygen atoms in total. The van der Waals surface area contributed by atoms with Crippen LogP contribution in [0.3, 0.4) is 0 Å². The monoisotopic (exact) mass is 506 g/mol. The average molecular weight is 507 g/mol. The summed E-state index contributed by atoms with van der Waals surface area (Å²) >= 11 is 12.1. The number of furan rings is 1. The molecule has 9 heteroatoms. The van der Waals surface area contributed by atoms with Crippen LogP contribution in [0.25, 0.3) is 0 Å². The van der Waals surface area contributed by atoms with E-state index in [-0.39, 0.29) is 25.1 Å². The smallest absolute Gasteiger partial charge is 0.145 e. The van der Waals surface area contributed by atoms with Crippen molar-refractivity contribution >= 4 is 28.9 Å². The van der Waals surface area contributed by atoms with Gasteiger partial charge in [-0.3, -0.25) is 4.90 Å². The van der Waals surface area contributed by atoms with Gasteiger partial charge in [0.2, 0.25) is 0 Å². The lowest BCUT2D eigenvalue weighted by Gasteiger charge is -2.27. The molecular weight excluding hydrogens is 482 g/mol. The minimum atomic E-state index is -0.750. The molecule has 0 aliphatic carbocycles.